The Morgan fingerprint density at radius 1 is 1.19 bits per heavy atom. The molecule has 0 aliphatic rings. The van der Waals surface area contributed by atoms with Crippen molar-refractivity contribution in [2.45, 2.75) is 26.9 Å². The summed E-state index contributed by atoms with van der Waals surface area (Å²) < 4.78 is 10.9. The number of fused-ring (bicyclic) bond motifs is 1. The summed E-state index contributed by atoms with van der Waals surface area (Å²) in [6, 6.07) is 11.9. The van der Waals surface area contributed by atoms with E-state index >= 15 is 0 Å². The summed E-state index contributed by atoms with van der Waals surface area (Å²) in [6.07, 6.45) is -0.748. The lowest BCUT2D eigenvalue weighted by molar-refractivity contribution is -0.122. The molecule has 1 N–H and O–H groups in total. The second-order valence-electron chi connectivity index (χ2n) is 6.07. The third-order valence-electron chi connectivity index (χ3n) is 4.13. The van der Waals surface area contributed by atoms with Crippen molar-refractivity contribution in [1.29, 1.82) is 0 Å². The van der Waals surface area contributed by atoms with Crippen LogP contribution >= 0.6 is 11.6 Å². The van der Waals surface area contributed by atoms with Crippen molar-refractivity contribution in [2.75, 3.05) is 5.32 Å². The van der Waals surface area contributed by atoms with E-state index in [4.69, 9.17) is 20.8 Å². The van der Waals surface area contributed by atoms with Gasteiger partial charge in [-0.25, -0.2) is 4.79 Å². The minimum absolute atomic E-state index is 0.304. The van der Waals surface area contributed by atoms with Gasteiger partial charge in [-0.05, 0) is 56.2 Å². The van der Waals surface area contributed by atoms with Crippen LogP contribution in [0.1, 0.15) is 18.1 Å². The zero-order valence-corrected chi connectivity index (χ0v) is 15.4. The summed E-state index contributed by atoms with van der Waals surface area (Å²) >= 11 is 6.07. The summed E-state index contributed by atoms with van der Waals surface area (Å²) in [7, 11) is 0. The van der Waals surface area contributed by atoms with E-state index in [1.54, 1.807) is 43.3 Å². The number of carbonyl (C=O) groups is 1. The molecule has 3 rings (SSSR count). The maximum absolute atomic E-state index is 12.4. The van der Waals surface area contributed by atoms with Crippen LogP contribution in [-0.2, 0) is 4.79 Å². The van der Waals surface area contributed by atoms with Crippen LogP contribution in [0.3, 0.4) is 0 Å². The second kappa shape index (κ2) is 7.22. The van der Waals surface area contributed by atoms with Gasteiger partial charge in [0.25, 0.3) is 5.91 Å². The minimum atomic E-state index is -0.748. The highest BCUT2D eigenvalue weighted by Gasteiger charge is 2.17. The van der Waals surface area contributed by atoms with E-state index in [2.05, 4.69) is 5.32 Å². The van der Waals surface area contributed by atoms with Crippen molar-refractivity contribution >= 4 is 34.2 Å². The Hall–Kier alpha value is -2.79. The third-order valence-corrected chi connectivity index (χ3v) is 4.54. The van der Waals surface area contributed by atoms with Crippen LogP contribution in [0.2, 0.25) is 5.02 Å². The SMILES string of the molecule is Cc1c(Cl)cccc1NC(=O)C(C)Oc1ccc2c(C)cc(=O)oc2c1. The first-order valence-corrected chi connectivity index (χ1v) is 8.50. The van der Waals surface area contributed by atoms with Crippen LogP contribution in [0.5, 0.6) is 5.75 Å². The van der Waals surface area contributed by atoms with E-state index in [0.717, 1.165) is 16.5 Å². The number of rotatable bonds is 4. The maximum atomic E-state index is 12.4. The van der Waals surface area contributed by atoms with Gasteiger partial charge in [-0.3, -0.25) is 4.79 Å². The fourth-order valence-electron chi connectivity index (χ4n) is 2.61. The molecule has 2 aromatic carbocycles. The molecule has 26 heavy (non-hydrogen) atoms. The van der Waals surface area contributed by atoms with Gasteiger partial charge in [0, 0.05) is 28.2 Å². The predicted octanol–water partition coefficient (Wildman–Crippen LogP) is 4.47. The van der Waals surface area contributed by atoms with Crippen LogP contribution in [-0.4, -0.2) is 12.0 Å². The first-order chi connectivity index (χ1) is 12.3. The molecule has 0 aliphatic carbocycles. The van der Waals surface area contributed by atoms with Crippen LogP contribution in [0.4, 0.5) is 5.69 Å². The smallest absolute Gasteiger partial charge is 0.336 e. The van der Waals surface area contributed by atoms with Crippen molar-refractivity contribution in [1.82, 2.24) is 0 Å². The largest absolute Gasteiger partial charge is 0.481 e. The van der Waals surface area contributed by atoms with E-state index < -0.39 is 11.7 Å². The van der Waals surface area contributed by atoms with Gasteiger partial charge < -0.3 is 14.5 Å². The Bertz CT molecular complexity index is 1040. The summed E-state index contributed by atoms with van der Waals surface area (Å²) in [5.74, 6) is 0.137. The average Bonchev–Trinajstić information content (AvgIpc) is 2.58. The van der Waals surface area contributed by atoms with Gasteiger partial charge in [0.2, 0.25) is 0 Å². The first kappa shape index (κ1) is 18.0. The van der Waals surface area contributed by atoms with E-state index in [1.165, 1.54) is 6.07 Å². The highest BCUT2D eigenvalue weighted by Crippen LogP contribution is 2.25. The van der Waals surface area contributed by atoms with Crippen LogP contribution < -0.4 is 15.7 Å². The van der Waals surface area contributed by atoms with Crippen molar-refractivity contribution < 1.29 is 13.9 Å². The minimum Gasteiger partial charge on any atom is -0.481 e. The average molecular weight is 372 g/mol. The van der Waals surface area contributed by atoms with Crippen LogP contribution in [0, 0.1) is 13.8 Å². The molecule has 0 spiro atoms. The quantitative estimate of drug-likeness (QED) is 0.687. The zero-order chi connectivity index (χ0) is 18.8. The number of amides is 1. The number of carbonyl (C=O) groups excluding carboxylic acids is 1. The summed E-state index contributed by atoms with van der Waals surface area (Å²) in [6.45, 7) is 5.31. The van der Waals surface area contributed by atoms with Gasteiger partial charge >= 0.3 is 5.63 Å². The molecule has 1 amide bonds. The second-order valence-corrected chi connectivity index (χ2v) is 6.48. The third kappa shape index (κ3) is 3.73. The normalized spacial score (nSPS) is 12.0. The fourth-order valence-corrected chi connectivity index (χ4v) is 2.79. The number of hydrogen-bond acceptors (Lipinski definition) is 4. The van der Waals surface area contributed by atoms with Crippen molar-refractivity contribution in [2.24, 2.45) is 0 Å². The summed E-state index contributed by atoms with van der Waals surface area (Å²) in [5.41, 5.74) is 2.25. The molecule has 1 unspecified atom stereocenters. The molecule has 134 valence electrons. The van der Waals surface area contributed by atoms with E-state index in [9.17, 15) is 9.59 Å². The summed E-state index contributed by atoms with van der Waals surface area (Å²) in [5, 5.41) is 4.21. The topological polar surface area (TPSA) is 68.5 Å². The maximum Gasteiger partial charge on any atom is 0.336 e. The Morgan fingerprint density at radius 2 is 1.96 bits per heavy atom. The molecule has 3 aromatic rings. The fraction of sp³-hybridized carbons (Fsp3) is 0.200. The lowest BCUT2D eigenvalue weighted by Gasteiger charge is -2.16. The van der Waals surface area contributed by atoms with E-state index in [1.807, 2.05) is 13.8 Å². The van der Waals surface area contributed by atoms with Gasteiger partial charge in [-0.15, -0.1) is 0 Å². The molecule has 0 bridgehead atoms. The van der Waals surface area contributed by atoms with E-state index in [-0.39, 0.29) is 5.91 Å². The molecular weight excluding hydrogens is 354 g/mol. The Kier molecular flexibility index (Phi) is 5.00. The standard InChI is InChI=1S/C20H18ClNO4/c1-11-9-19(23)26-18-10-14(7-8-15(11)18)25-13(3)20(24)22-17-6-4-5-16(21)12(17)2/h4-10,13H,1-3H3,(H,22,24). The van der Waals surface area contributed by atoms with Crippen LogP contribution in [0.25, 0.3) is 11.0 Å². The van der Waals surface area contributed by atoms with Crippen LogP contribution in [0.15, 0.2) is 51.7 Å². The molecule has 1 aromatic heterocycles. The molecule has 0 fully saturated rings. The predicted molar refractivity (Wildman–Crippen MR) is 102 cm³/mol. The molecule has 6 heteroatoms. The molecule has 1 atom stereocenters. The van der Waals surface area contributed by atoms with E-state index in [0.29, 0.717) is 22.0 Å². The summed E-state index contributed by atoms with van der Waals surface area (Å²) in [4.78, 5) is 23.9. The van der Waals surface area contributed by atoms with Gasteiger partial charge in [0.05, 0.1) is 0 Å². The van der Waals surface area contributed by atoms with Crippen molar-refractivity contribution in [3.05, 3.63) is 69.0 Å². The molecule has 1 heterocycles. The monoisotopic (exact) mass is 371 g/mol. The number of ether oxygens (including phenoxy) is 1. The van der Waals surface area contributed by atoms with Gasteiger partial charge in [0.15, 0.2) is 6.10 Å². The first-order valence-electron chi connectivity index (χ1n) is 8.12. The van der Waals surface area contributed by atoms with Crippen molar-refractivity contribution in [3.63, 3.8) is 0 Å². The van der Waals surface area contributed by atoms with Gasteiger partial charge in [-0.1, -0.05) is 17.7 Å². The number of aryl methyl sites for hydroxylation is 1. The molecule has 0 saturated carbocycles. The number of anilines is 1. The zero-order valence-electron chi connectivity index (χ0n) is 14.6. The number of nitrogens with one attached hydrogen (secondary N) is 1. The number of hydrogen-bond donors (Lipinski definition) is 1. The lowest BCUT2D eigenvalue weighted by atomic mass is 10.1. The highest BCUT2D eigenvalue weighted by molar-refractivity contribution is 6.31. The Morgan fingerprint density at radius 3 is 2.73 bits per heavy atom. The molecule has 0 saturated heterocycles. The lowest BCUT2D eigenvalue weighted by Crippen LogP contribution is -2.30. The Balaban J connectivity index is 1.77. The Labute approximate surface area is 155 Å². The number of benzene rings is 2. The molecular formula is C20H18ClNO4. The molecule has 5 nitrogen and oxygen atoms in total. The highest BCUT2D eigenvalue weighted by atomic mass is 35.5. The van der Waals surface area contributed by atoms with Crippen molar-refractivity contribution in [3.8, 4) is 5.75 Å². The molecule has 0 radical (unpaired) electrons. The number of halogens is 1. The van der Waals surface area contributed by atoms with Gasteiger partial charge in [-0.2, -0.15) is 0 Å². The van der Waals surface area contributed by atoms with Gasteiger partial charge in [0.1, 0.15) is 11.3 Å². The molecule has 0 aliphatic heterocycles.